The number of aromatic nitrogens is 2. The summed E-state index contributed by atoms with van der Waals surface area (Å²) in [5.41, 5.74) is 3.10. The normalized spacial score (nSPS) is 11.4. The molecule has 0 N–H and O–H groups in total. The van der Waals surface area contributed by atoms with Crippen molar-refractivity contribution in [2.24, 2.45) is 0 Å². The van der Waals surface area contributed by atoms with Crippen LogP contribution in [0.25, 0.3) is 22.8 Å². The van der Waals surface area contributed by atoms with E-state index >= 15 is 0 Å². The number of Topliss-reactive ketones (excluding diaryl/α,β-unsaturated/α-hetero) is 1. The van der Waals surface area contributed by atoms with E-state index in [0.717, 1.165) is 16.7 Å². The van der Waals surface area contributed by atoms with E-state index in [1.54, 1.807) is 45.4 Å². The summed E-state index contributed by atoms with van der Waals surface area (Å²) in [7, 11) is 4.65. The topological polar surface area (TPSA) is 96.8 Å². The van der Waals surface area contributed by atoms with Gasteiger partial charge in [-0.1, -0.05) is 26.0 Å². The van der Waals surface area contributed by atoms with Crippen LogP contribution in [0.5, 0.6) is 11.5 Å². The second-order valence-corrected chi connectivity index (χ2v) is 7.42. The predicted octanol–water partition coefficient (Wildman–Crippen LogP) is 6.23. The van der Waals surface area contributed by atoms with Crippen LogP contribution < -0.4 is 9.47 Å². The number of nitrogens with zero attached hydrogens (tertiary/aromatic N) is 2. The number of furan rings is 1. The molecule has 8 heteroatoms. The third kappa shape index (κ3) is 5.44. The average molecular weight is 479 g/mol. The molecule has 4 rings (SSSR count). The number of methoxy groups -OCH3 is 3. The van der Waals surface area contributed by atoms with Gasteiger partial charge in [-0.3, -0.25) is 4.79 Å². The van der Waals surface area contributed by atoms with Crippen LogP contribution in [0, 0.1) is 13.8 Å². The first kappa shape index (κ1) is 25.7. The molecule has 2 aromatic heterocycles. The summed E-state index contributed by atoms with van der Waals surface area (Å²) >= 11 is 0. The maximum atomic E-state index is 13.2. The molecule has 1 atom stereocenters. The monoisotopic (exact) mass is 478 g/mol. The minimum absolute atomic E-state index is 0.195. The molecule has 0 fully saturated rings. The molecule has 0 amide bonds. The molecule has 0 aliphatic rings. The third-order valence-electron chi connectivity index (χ3n) is 5.26. The molecule has 1 unspecified atom stereocenters. The largest absolute Gasteiger partial charge is 0.493 e. The molecule has 0 aliphatic heterocycles. The number of aryl methyl sites for hydroxylation is 2. The van der Waals surface area contributed by atoms with Gasteiger partial charge in [0.05, 0.1) is 14.2 Å². The summed E-state index contributed by atoms with van der Waals surface area (Å²) in [5.74, 6) is 2.59. The van der Waals surface area contributed by atoms with Crippen LogP contribution in [0.4, 0.5) is 0 Å². The minimum Gasteiger partial charge on any atom is -0.493 e. The number of hydrogen-bond donors (Lipinski definition) is 0. The second-order valence-electron chi connectivity index (χ2n) is 7.42. The minimum atomic E-state index is -0.824. The molecule has 0 saturated heterocycles. The number of carbonyl (C=O) groups excluding carboxylic acids is 1. The van der Waals surface area contributed by atoms with Crippen molar-refractivity contribution in [3.8, 4) is 34.3 Å². The number of ether oxygens (including phenoxy) is 3. The standard InChI is InChI=1S/C25H24N2O6.C2H6/c1-14-12-18(13-21(29-3)23(14)30-4)19-10-11-20(33-19)22(28)24(31-5)16-6-8-17(9-7-16)25-27-26-15(2)32-25;1-2/h6-13,24H,1-5H3;1-2H3. The maximum Gasteiger partial charge on any atom is 0.247 e. The summed E-state index contributed by atoms with van der Waals surface area (Å²) < 4.78 is 27.7. The van der Waals surface area contributed by atoms with Crippen LogP contribution >= 0.6 is 0 Å². The Kier molecular flexibility index (Phi) is 8.43. The van der Waals surface area contributed by atoms with E-state index in [9.17, 15) is 4.79 Å². The van der Waals surface area contributed by atoms with Crippen molar-refractivity contribution in [1.82, 2.24) is 10.2 Å². The maximum absolute atomic E-state index is 13.2. The SMILES string of the molecule is CC.COc1cc(-c2ccc(C(=O)C(OC)c3ccc(-c4nnc(C)o4)cc3)o2)cc(C)c1OC. The lowest BCUT2D eigenvalue weighted by Gasteiger charge is -2.14. The van der Waals surface area contributed by atoms with Gasteiger partial charge in [0, 0.05) is 25.2 Å². The Bertz CT molecular complexity index is 1270. The number of rotatable bonds is 8. The zero-order chi connectivity index (χ0) is 25.5. The lowest BCUT2D eigenvalue weighted by molar-refractivity contribution is 0.0577. The zero-order valence-corrected chi connectivity index (χ0v) is 21.0. The van der Waals surface area contributed by atoms with Gasteiger partial charge in [0.25, 0.3) is 0 Å². The first-order valence-corrected chi connectivity index (χ1v) is 11.3. The van der Waals surface area contributed by atoms with Crippen molar-refractivity contribution >= 4 is 5.78 Å². The molecule has 0 saturated carbocycles. The van der Waals surface area contributed by atoms with Gasteiger partial charge in [0.15, 0.2) is 17.3 Å². The summed E-state index contributed by atoms with van der Waals surface area (Å²) in [4.78, 5) is 13.2. The predicted molar refractivity (Wildman–Crippen MR) is 132 cm³/mol. The van der Waals surface area contributed by atoms with Gasteiger partial charge in [0.2, 0.25) is 17.6 Å². The molecule has 4 aromatic rings. The number of hydrogen-bond acceptors (Lipinski definition) is 8. The molecule has 2 heterocycles. The lowest BCUT2D eigenvalue weighted by atomic mass is 10.0. The smallest absolute Gasteiger partial charge is 0.247 e. The molecular weight excluding hydrogens is 448 g/mol. The first-order chi connectivity index (χ1) is 16.9. The van der Waals surface area contributed by atoms with Gasteiger partial charge < -0.3 is 23.0 Å². The third-order valence-corrected chi connectivity index (χ3v) is 5.26. The first-order valence-electron chi connectivity index (χ1n) is 11.3. The Morgan fingerprint density at radius 2 is 1.57 bits per heavy atom. The Morgan fingerprint density at radius 1 is 0.857 bits per heavy atom. The Labute approximate surface area is 204 Å². The quantitative estimate of drug-likeness (QED) is 0.275. The van der Waals surface area contributed by atoms with Crippen LogP contribution in [-0.4, -0.2) is 37.3 Å². The highest BCUT2D eigenvalue weighted by Gasteiger charge is 2.25. The van der Waals surface area contributed by atoms with E-state index < -0.39 is 6.10 Å². The summed E-state index contributed by atoms with van der Waals surface area (Å²) in [6, 6.07) is 14.3. The van der Waals surface area contributed by atoms with E-state index in [4.69, 9.17) is 23.0 Å². The second kappa shape index (κ2) is 11.5. The van der Waals surface area contributed by atoms with Crippen molar-refractivity contribution in [3.63, 3.8) is 0 Å². The Balaban J connectivity index is 0.00000167. The summed E-state index contributed by atoms with van der Waals surface area (Å²) in [6.45, 7) is 7.64. The molecule has 2 aromatic carbocycles. The molecule has 0 bridgehead atoms. The van der Waals surface area contributed by atoms with Gasteiger partial charge in [-0.05, 0) is 54.4 Å². The van der Waals surface area contributed by atoms with Crippen LogP contribution in [0.1, 0.15) is 47.5 Å². The number of carbonyl (C=O) groups is 1. The molecule has 0 aliphatic carbocycles. The highest BCUT2D eigenvalue weighted by molar-refractivity contribution is 5.98. The van der Waals surface area contributed by atoms with Gasteiger partial charge >= 0.3 is 0 Å². The molecule has 0 spiro atoms. The van der Waals surface area contributed by atoms with Crippen molar-refractivity contribution in [2.75, 3.05) is 21.3 Å². The molecule has 0 radical (unpaired) electrons. The zero-order valence-electron chi connectivity index (χ0n) is 21.0. The van der Waals surface area contributed by atoms with Crippen molar-refractivity contribution < 1.29 is 27.8 Å². The summed E-state index contributed by atoms with van der Waals surface area (Å²) in [5, 5.41) is 7.84. The van der Waals surface area contributed by atoms with Gasteiger partial charge in [0.1, 0.15) is 11.9 Å². The Morgan fingerprint density at radius 3 is 2.14 bits per heavy atom. The van der Waals surface area contributed by atoms with E-state index in [1.165, 1.54) is 7.11 Å². The molecule has 8 nitrogen and oxygen atoms in total. The fourth-order valence-electron chi connectivity index (χ4n) is 3.66. The Hall–Kier alpha value is -3.91. The van der Waals surface area contributed by atoms with Crippen molar-refractivity contribution in [1.29, 1.82) is 0 Å². The van der Waals surface area contributed by atoms with E-state index in [-0.39, 0.29) is 11.5 Å². The number of ketones is 1. The molecule has 35 heavy (non-hydrogen) atoms. The van der Waals surface area contributed by atoms with Crippen LogP contribution in [0.3, 0.4) is 0 Å². The van der Waals surface area contributed by atoms with Crippen LogP contribution in [-0.2, 0) is 4.74 Å². The van der Waals surface area contributed by atoms with E-state index in [2.05, 4.69) is 10.2 Å². The molecule has 184 valence electrons. The number of benzene rings is 2. The van der Waals surface area contributed by atoms with Gasteiger partial charge in [-0.25, -0.2) is 0 Å². The van der Waals surface area contributed by atoms with Crippen LogP contribution in [0.2, 0.25) is 0 Å². The van der Waals surface area contributed by atoms with E-state index in [1.807, 2.05) is 45.0 Å². The van der Waals surface area contributed by atoms with Crippen molar-refractivity contribution in [3.05, 3.63) is 71.3 Å². The van der Waals surface area contributed by atoms with E-state index in [0.29, 0.717) is 34.6 Å². The fourth-order valence-corrected chi connectivity index (χ4v) is 3.66. The summed E-state index contributed by atoms with van der Waals surface area (Å²) in [6.07, 6.45) is -0.824. The average Bonchev–Trinajstić information content (AvgIpc) is 3.55. The highest BCUT2D eigenvalue weighted by atomic mass is 16.5. The van der Waals surface area contributed by atoms with Crippen molar-refractivity contribution in [2.45, 2.75) is 33.8 Å². The van der Waals surface area contributed by atoms with Gasteiger partial charge in [-0.2, -0.15) is 0 Å². The van der Waals surface area contributed by atoms with Crippen LogP contribution in [0.15, 0.2) is 57.4 Å². The highest BCUT2D eigenvalue weighted by Crippen LogP contribution is 2.37. The molecular formula is C27H30N2O6. The lowest BCUT2D eigenvalue weighted by Crippen LogP contribution is -2.14. The van der Waals surface area contributed by atoms with Gasteiger partial charge in [-0.15, -0.1) is 10.2 Å². The fraction of sp³-hybridized carbons (Fsp3) is 0.296.